The van der Waals surface area contributed by atoms with Crippen LogP contribution in [0.1, 0.15) is 41.3 Å². The summed E-state index contributed by atoms with van der Waals surface area (Å²) < 4.78 is 1.65. The van der Waals surface area contributed by atoms with Gasteiger partial charge in [0, 0.05) is 24.7 Å². The second kappa shape index (κ2) is 9.38. The van der Waals surface area contributed by atoms with Gasteiger partial charge in [-0.1, -0.05) is 35.0 Å². The average molecular weight is 469 g/mol. The molecule has 5 rings (SSSR count). The van der Waals surface area contributed by atoms with Crippen LogP contribution in [0.15, 0.2) is 53.3 Å². The highest BCUT2D eigenvalue weighted by atomic mass is 16.2. The predicted molar refractivity (Wildman–Crippen MR) is 130 cm³/mol. The molecule has 0 spiro atoms. The van der Waals surface area contributed by atoms with Gasteiger partial charge < -0.3 is 15.2 Å². The molecule has 1 aliphatic heterocycles. The van der Waals surface area contributed by atoms with Gasteiger partial charge in [-0.15, -0.1) is 5.10 Å². The molecule has 0 unspecified atom stereocenters. The smallest absolute Gasteiger partial charge is 0.321 e. The molecule has 2 N–H and O–H groups in total. The Kier molecular flexibility index (Phi) is 5.97. The average Bonchev–Trinajstić information content (AvgIpc) is 3.29. The number of anilines is 1. The maximum atomic E-state index is 12.7. The number of nitriles is 1. The van der Waals surface area contributed by atoms with E-state index in [2.05, 4.69) is 26.7 Å². The standard InChI is InChI=1S/C25H24N8O2/c1-16-2-4-18(5-3-16)15-33-23-21(30-31-33)24(34)29-22(28-23)19-10-12-32(13-11-19)25(35)27-20-8-6-17(14-26)7-9-20/h2-9,19H,10-13,15H2,1H3,(H,27,35)(H,28,29,34). The van der Waals surface area contributed by atoms with Gasteiger partial charge in [-0.3, -0.25) is 4.79 Å². The van der Waals surface area contributed by atoms with Crippen molar-refractivity contribution in [1.29, 1.82) is 5.26 Å². The molecule has 176 valence electrons. The third kappa shape index (κ3) is 4.75. The van der Waals surface area contributed by atoms with Crippen LogP contribution in [-0.2, 0) is 6.54 Å². The lowest BCUT2D eigenvalue weighted by Crippen LogP contribution is -2.41. The number of aromatic nitrogens is 5. The molecule has 1 aliphatic rings. The fourth-order valence-corrected chi connectivity index (χ4v) is 4.24. The monoisotopic (exact) mass is 468 g/mol. The maximum absolute atomic E-state index is 12.7. The van der Waals surface area contributed by atoms with Crippen LogP contribution in [0, 0.1) is 18.3 Å². The summed E-state index contributed by atoms with van der Waals surface area (Å²) in [4.78, 5) is 34.7. The molecule has 0 saturated carbocycles. The van der Waals surface area contributed by atoms with Crippen LogP contribution in [0.2, 0.25) is 0 Å². The summed E-state index contributed by atoms with van der Waals surface area (Å²) in [5.74, 6) is 0.621. The molecule has 0 bridgehead atoms. The third-order valence-electron chi connectivity index (χ3n) is 6.28. The lowest BCUT2D eigenvalue weighted by molar-refractivity contribution is 0.193. The third-order valence-corrected chi connectivity index (χ3v) is 6.28. The van der Waals surface area contributed by atoms with Crippen molar-refractivity contribution in [2.75, 3.05) is 18.4 Å². The van der Waals surface area contributed by atoms with Crippen LogP contribution in [0.5, 0.6) is 0 Å². The van der Waals surface area contributed by atoms with E-state index in [0.29, 0.717) is 55.2 Å². The SMILES string of the molecule is Cc1ccc(Cn2nnc3c(=O)[nH]c(C4CCN(C(=O)Nc5ccc(C#N)cc5)CC4)nc32)cc1. The Labute approximate surface area is 201 Å². The number of benzene rings is 2. The van der Waals surface area contributed by atoms with Gasteiger partial charge in [0.05, 0.1) is 18.2 Å². The zero-order chi connectivity index (χ0) is 24.4. The van der Waals surface area contributed by atoms with Crippen molar-refractivity contribution in [3.05, 3.63) is 81.4 Å². The van der Waals surface area contributed by atoms with Gasteiger partial charge >= 0.3 is 6.03 Å². The predicted octanol–water partition coefficient (Wildman–Crippen LogP) is 3.15. The second-order valence-electron chi connectivity index (χ2n) is 8.74. The molecule has 3 heterocycles. The minimum absolute atomic E-state index is 0.0220. The van der Waals surface area contributed by atoms with E-state index in [4.69, 9.17) is 10.2 Å². The van der Waals surface area contributed by atoms with Crippen molar-refractivity contribution in [2.45, 2.75) is 32.2 Å². The molecular weight excluding hydrogens is 444 g/mol. The Balaban J connectivity index is 1.27. The minimum atomic E-state index is -0.304. The summed E-state index contributed by atoms with van der Waals surface area (Å²) in [7, 11) is 0. The first kappa shape index (κ1) is 22.3. The largest absolute Gasteiger partial charge is 0.324 e. The zero-order valence-electron chi connectivity index (χ0n) is 19.2. The molecular formula is C25H24N8O2. The topological polar surface area (TPSA) is 133 Å². The van der Waals surface area contributed by atoms with Gasteiger partial charge in [-0.05, 0) is 49.6 Å². The summed E-state index contributed by atoms with van der Waals surface area (Å²) in [5.41, 5.74) is 3.78. The molecule has 2 aromatic carbocycles. The lowest BCUT2D eigenvalue weighted by atomic mass is 9.96. The summed E-state index contributed by atoms with van der Waals surface area (Å²) in [6.45, 7) is 3.58. The Hall–Kier alpha value is -4.52. The highest BCUT2D eigenvalue weighted by Gasteiger charge is 2.26. The van der Waals surface area contributed by atoms with Gasteiger partial charge in [-0.25, -0.2) is 14.5 Å². The summed E-state index contributed by atoms with van der Waals surface area (Å²) in [5, 5.41) is 20.0. The first-order valence-electron chi connectivity index (χ1n) is 11.5. The molecule has 10 nitrogen and oxygen atoms in total. The molecule has 2 amide bonds. The molecule has 0 aliphatic carbocycles. The Morgan fingerprint density at radius 3 is 2.54 bits per heavy atom. The number of rotatable bonds is 4. The van der Waals surface area contributed by atoms with E-state index in [1.807, 2.05) is 31.2 Å². The number of hydrogen-bond acceptors (Lipinski definition) is 6. The molecule has 10 heteroatoms. The fourth-order valence-electron chi connectivity index (χ4n) is 4.24. The maximum Gasteiger partial charge on any atom is 0.321 e. The Morgan fingerprint density at radius 1 is 1.14 bits per heavy atom. The van der Waals surface area contributed by atoms with Crippen molar-refractivity contribution in [1.82, 2.24) is 29.9 Å². The molecule has 2 aromatic heterocycles. The van der Waals surface area contributed by atoms with Crippen LogP contribution in [0.3, 0.4) is 0 Å². The molecule has 1 saturated heterocycles. The number of likely N-dealkylation sites (tertiary alicyclic amines) is 1. The number of hydrogen-bond donors (Lipinski definition) is 2. The summed E-state index contributed by atoms with van der Waals surface area (Å²) in [6, 6.07) is 16.7. The van der Waals surface area contributed by atoms with Gasteiger partial charge in [0.2, 0.25) is 0 Å². The zero-order valence-corrected chi connectivity index (χ0v) is 19.2. The van der Waals surface area contributed by atoms with Crippen LogP contribution in [0.4, 0.5) is 10.5 Å². The number of carbonyl (C=O) groups excluding carboxylic acids is 1. The van der Waals surface area contributed by atoms with Crippen molar-refractivity contribution in [3.63, 3.8) is 0 Å². The van der Waals surface area contributed by atoms with Crippen LogP contribution in [0.25, 0.3) is 11.2 Å². The van der Waals surface area contributed by atoms with Gasteiger partial charge in [0.1, 0.15) is 5.82 Å². The van der Waals surface area contributed by atoms with Gasteiger partial charge in [0.25, 0.3) is 5.56 Å². The first-order chi connectivity index (χ1) is 17.0. The fraction of sp³-hybridized carbons (Fsp3) is 0.280. The number of urea groups is 1. The molecule has 0 atom stereocenters. The number of H-pyrrole nitrogens is 1. The van der Waals surface area contributed by atoms with E-state index in [9.17, 15) is 9.59 Å². The normalized spacial score (nSPS) is 14.1. The quantitative estimate of drug-likeness (QED) is 0.473. The number of nitrogens with zero attached hydrogens (tertiary/aromatic N) is 6. The van der Waals surface area contributed by atoms with Crippen LogP contribution in [-0.4, -0.2) is 49.0 Å². The van der Waals surface area contributed by atoms with E-state index in [1.165, 1.54) is 5.56 Å². The number of piperidine rings is 1. The van der Waals surface area contributed by atoms with Gasteiger partial charge in [-0.2, -0.15) is 5.26 Å². The summed E-state index contributed by atoms with van der Waals surface area (Å²) in [6.07, 6.45) is 1.35. The van der Waals surface area contributed by atoms with Crippen LogP contribution < -0.4 is 10.9 Å². The number of fused-ring (bicyclic) bond motifs is 1. The van der Waals surface area contributed by atoms with E-state index < -0.39 is 0 Å². The minimum Gasteiger partial charge on any atom is -0.324 e. The second-order valence-corrected chi connectivity index (χ2v) is 8.74. The van der Waals surface area contributed by atoms with E-state index in [-0.39, 0.29) is 23.0 Å². The van der Waals surface area contributed by atoms with Crippen molar-refractivity contribution in [2.24, 2.45) is 0 Å². The summed E-state index contributed by atoms with van der Waals surface area (Å²) >= 11 is 0. The lowest BCUT2D eigenvalue weighted by Gasteiger charge is -2.31. The van der Waals surface area contributed by atoms with Crippen molar-refractivity contribution in [3.8, 4) is 6.07 Å². The Bertz CT molecular complexity index is 1460. The molecule has 0 radical (unpaired) electrons. The van der Waals surface area contributed by atoms with Crippen molar-refractivity contribution >= 4 is 22.9 Å². The number of aromatic amines is 1. The number of aryl methyl sites for hydroxylation is 1. The Morgan fingerprint density at radius 2 is 1.86 bits per heavy atom. The van der Waals surface area contributed by atoms with Crippen LogP contribution >= 0.6 is 0 Å². The first-order valence-corrected chi connectivity index (χ1v) is 11.5. The number of amides is 2. The van der Waals surface area contributed by atoms with Gasteiger partial charge in [0.15, 0.2) is 11.2 Å². The van der Waals surface area contributed by atoms with E-state index in [1.54, 1.807) is 33.8 Å². The molecule has 1 fully saturated rings. The number of carbonyl (C=O) groups is 1. The van der Waals surface area contributed by atoms with E-state index in [0.717, 1.165) is 5.56 Å². The number of nitrogens with one attached hydrogen (secondary N) is 2. The highest BCUT2D eigenvalue weighted by Crippen LogP contribution is 2.26. The van der Waals surface area contributed by atoms with Crippen molar-refractivity contribution < 1.29 is 4.79 Å². The molecule has 35 heavy (non-hydrogen) atoms. The van der Waals surface area contributed by atoms with E-state index >= 15 is 0 Å². The highest BCUT2D eigenvalue weighted by molar-refractivity contribution is 5.89. The molecule has 4 aromatic rings.